The Labute approximate surface area is 264 Å². The molecule has 44 heavy (non-hydrogen) atoms. The van der Waals surface area contributed by atoms with Crippen molar-refractivity contribution in [3.8, 4) is 0 Å². The third-order valence-corrected chi connectivity index (χ3v) is 10.3. The van der Waals surface area contributed by atoms with E-state index in [2.05, 4.69) is 25.9 Å². The molecule has 0 radical (unpaired) electrons. The van der Waals surface area contributed by atoms with Crippen LogP contribution in [0.4, 0.5) is 0 Å². The summed E-state index contributed by atoms with van der Waals surface area (Å²) in [5.41, 5.74) is 3.54. The lowest BCUT2D eigenvalue weighted by molar-refractivity contribution is -0.149. The average Bonchev–Trinajstić information content (AvgIpc) is 3.05. The fourth-order valence-electron chi connectivity index (χ4n) is 7.58. The molecule has 12 nitrogen and oxygen atoms in total. The number of carbonyl (C=O) groups excluding carboxylic acids is 4. The minimum absolute atomic E-state index is 0.00752. The van der Waals surface area contributed by atoms with E-state index in [1.807, 2.05) is 13.8 Å². The lowest BCUT2D eigenvalue weighted by Crippen LogP contribution is -2.58. The molecular weight excluding hydrogens is 560 g/mol. The van der Waals surface area contributed by atoms with Crippen LogP contribution in [0.1, 0.15) is 65.7 Å². The Balaban J connectivity index is 1.45. The van der Waals surface area contributed by atoms with Gasteiger partial charge in [-0.15, -0.1) is 0 Å². The van der Waals surface area contributed by atoms with Crippen molar-refractivity contribution < 1.29 is 19.2 Å². The maximum Gasteiger partial charge on any atom is 0.240 e. The molecule has 5 atom stereocenters. The number of carbonyl (C=O) groups is 4. The van der Waals surface area contributed by atoms with Crippen LogP contribution in [0, 0.1) is 29.6 Å². The van der Waals surface area contributed by atoms with Crippen molar-refractivity contribution in [1.29, 1.82) is 0 Å². The second-order valence-electron chi connectivity index (χ2n) is 13.7. The van der Waals surface area contributed by atoms with Crippen molar-refractivity contribution in [3.05, 3.63) is 0 Å². The molecule has 2 heterocycles. The van der Waals surface area contributed by atoms with E-state index in [0.717, 1.165) is 84.6 Å². The number of nitrogens with zero attached hydrogens (tertiary/aromatic N) is 4. The number of Topliss-reactive ketones (excluding diaryl/α,β-unsaturated/α-hetero) is 2. The van der Waals surface area contributed by atoms with Crippen LogP contribution < -0.4 is 21.9 Å². The lowest BCUT2D eigenvalue weighted by Gasteiger charge is -2.41. The first kappa shape index (κ1) is 34.9. The predicted octanol–water partition coefficient (Wildman–Crippen LogP) is 0.238. The van der Waals surface area contributed by atoms with Gasteiger partial charge in [-0.1, -0.05) is 26.7 Å². The zero-order chi connectivity index (χ0) is 31.6. The average molecular weight is 619 g/mol. The molecule has 2 saturated carbocycles. The van der Waals surface area contributed by atoms with Gasteiger partial charge in [0.05, 0.1) is 12.5 Å². The summed E-state index contributed by atoms with van der Waals surface area (Å²) in [5, 5.41) is 9.79. The number of nitrogens with one attached hydrogen (secondary N) is 3. The van der Waals surface area contributed by atoms with Crippen molar-refractivity contribution in [2.75, 3.05) is 78.5 Å². The maximum atomic E-state index is 14.2. The Kier molecular flexibility index (Phi) is 13.6. The van der Waals surface area contributed by atoms with Gasteiger partial charge < -0.3 is 10.6 Å². The van der Waals surface area contributed by atoms with Crippen molar-refractivity contribution in [2.24, 2.45) is 35.4 Å². The highest BCUT2D eigenvalue weighted by molar-refractivity contribution is 5.90. The molecule has 2 aliphatic heterocycles. The predicted molar refractivity (Wildman–Crippen MR) is 170 cm³/mol. The van der Waals surface area contributed by atoms with E-state index < -0.39 is 5.92 Å². The molecular formula is C32H58N8O4. The minimum Gasteiger partial charge on any atom is -0.314 e. The standard InChI is InChI=1S/C32H58N8O4/c1-23(2)30(42)27-6-4-5-7-28(27)32(44)40(21-19-38-16-12-35-13-17-38)36-25-8-9-26(24(3)41)29(22-25)31(43)39(33)20-18-37-14-10-34-11-15-37/h23,25-29,34-36H,4-22,33H2,1-3H3/t25?,26-,27-,28+,29?/m1/s1. The zero-order valence-corrected chi connectivity index (χ0v) is 27.4. The topological polar surface area (TPSA) is 143 Å². The molecule has 0 bridgehead atoms. The van der Waals surface area contributed by atoms with Crippen LogP contribution in [0.5, 0.6) is 0 Å². The summed E-state index contributed by atoms with van der Waals surface area (Å²) in [6.07, 6.45) is 5.12. The normalized spacial score (nSPS) is 28.9. The molecule has 4 rings (SSSR count). The van der Waals surface area contributed by atoms with Gasteiger partial charge in [-0.2, -0.15) is 0 Å². The van der Waals surface area contributed by atoms with Crippen LogP contribution in [0.15, 0.2) is 0 Å². The second kappa shape index (κ2) is 17.1. The van der Waals surface area contributed by atoms with Crippen LogP contribution in [0.2, 0.25) is 0 Å². The van der Waals surface area contributed by atoms with Gasteiger partial charge in [-0.25, -0.2) is 11.3 Å². The van der Waals surface area contributed by atoms with Crippen LogP contribution in [0.3, 0.4) is 0 Å². The largest absolute Gasteiger partial charge is 0.314 e. The molecule has 0 spiro atoms. The fraction of sp³-hybridized carbons (Fsp3) is 0.875. The first-order chi connectivity index (χ1) is 21.2. The molecule has 0 aromatic carbocycles. The number of rotatable bonds is 13. The molecule has 4 fully saturated rings. The number of nitrogens with two attached hydrogens (primary N) is 1. The van der Waals surface area contributed by atoms with E-state index >= 15 is 0 Å². The minimum atomic E-state index is -0.526. The molecule has 2 amide bonds. The summed E-state index contributed by atoms with van der Waals surface area (Å²) in [6, 6.07) is -0.143. The molecule has 2 saturated heterocycles. The Bertz CT molecular complexity index is 968. The number of hydrogen-bond acceptors (Lipinski definition) is 10. The fourth-order valence-corrected chi connectivity index (χ4v) is 7.58. The molecule has 0 aromatic rings. The number of amides is 2. The van der Waals surface area contributed by atoms with Gasteiger partial charge in [-0.05, 0) is 39.0 Å². The van der Waals surface area contributed by atoms with E-state index in [1.165, 1.54) is 5.01 Å². The van der Waals surface area contributed by atoms with Crippen LogP contribution in [0.25, 0.3) is 0 Å². The van der Waals surface area contributed by atoms with E-state index in [0.29, 0.717) is 38.9 Å². The molecule has 250 valence electrons. The summed E-state index contributed by atoms with van der Waals surface area (Å²) < 4.78 is 0. The monoisotopic (exact) mass is 618 g/mol. The van der Waals surface area contributed by atoms with Gasteiger partial charge in [-0.3, -0.25) is 39.0 Å². The van der Waals surface area contributed by atoms with E-state index in [-0.39, 0.29) is 53.1 Å². The second-order valence-corrected chi connectivity index (χ2v) is 13.7. The highest BCUT2D eigenvalue weighted by Gasteiger charge is 2.42. The van der Waals surface area contributed by atoms with Gasteiger partial charge in [0.1, 0.15) is 11.6 Å². The Morgan fingerprint density at radius 2 is 1.34 bits per heavy atom. The Morgan fingerprint density at radius 3 is 1.91 bits per heavy atom. The Hall–Kier alpha value is -1.96. The van der Waals surface area contributed by atoms with E-state index in [1.54, 1.807) is 11.9 Å². The van der Waals surface area contributed by atoms with E-state index in [9.17, 15) is 19.2 Å². The SMILES string of the molecule is CC(=O)[C@H]1CCC(NN(CCN2CCNCC2)C(=O)[C@H]2CCCC[C@H]2C(=O)C(C)C)CC1C(=O)N(N)CCN1CCNCC1. The molecule has 2 unspecified atom stereocenters. The first-order valence-corrected chi connectivity index (χ1v) is 17.2. The van der Waals surface area contributed by atoms with Crippen molar-refractivity contribution in [2.45, 2.75) is 71.8 Å². The summed E-state index contributed by atoms with van der Waals surface area (Å²) >= 11 is 0. The lowest BCUT2D eigenvalue weighted by atomic mass is 9.73. The van der Waals surface area contributed by atoms with Gasteiger partial charge >= 0.3 is 0 Å². The third kappa shape index (κ3) is 9.53. The highest BCUT2D eigenvalue weighted by Crippen LogP contribution is 2.35. The quantitative estimate of drug-likeness (QED) is 0.129. The molecule has 5 N–H and O–H groups in total. The smallest absolute Gasteiger partial charge is 0.240 e. The maximum absolute atomic E-state index is 14.2. The summed E-state index contributed by atoms with van der Waals surface area (Å²) in [5.74, 6) is 4.74. The zero-order valence-electron chi connectivity index (χ0n) is 27.4. The number of hydrogen-bond donors (Lipinski definition) is 4. The Morgan fingerprint density at radius 1 is 0.773 bits per heavy atom. The molecule has 12 heteroatoms. The highest BCUT2D eigenvalue weighted by atomic mass is 16.2. The van der Waals surface area contributed by atoms with Gasteiger partial charge in [0.2, 0.25) is 11.8 Å². The van der Waals surface area contributed by atoms with Crippen molar-refractivity contribution in [3.63, 3.8) is 0 Å². The summed E-state index contributed by atoms with van der Waals surface area (Å²) in [7, 11) is 0. The summed E-state index contributed by atoms with van der Waals surface area (Å²) in [6.45, 7) is 15.2. The molecule has 0 aromatic heterocycles. The van der Waals surface area contributed by atoms with Crippen LogP contribution in [-0.2, 0) is 19.2 Å². The van der Waals surface area contributed by atoms with Crippen molar-refractivity contribution in [1.82, 2.24) is 35.9 Å². The number of ketones is 2. The van der Waals surface area contributed by atoms with Gasteiger partial charge in [0.25, 0.3) is 0 Å². The van der Waals surface area contributed by atoms with Gasteiger partial charge in [0.15, 0.2) is 0 Å². The van der Waals surface area contributed by atoms with Crippen molar-refractivity contribution >= 4 is 23.4 Å². The van der Waals surface area contributed by atoms with Crippen LogP contribution >= 0.6 is 0 Å². The molecule has 2 aliphatic carbocycles. The van der Waals surface area contributed by atoms with Gasteiger partial charge in [0, 0.05) is 102 Å². The summed E-state index contributed by atoms with van der Waals surface area (Å²) in [4.78, 5) is 58.4. The van der Waals surface area contributed by atoms with Crippen LogP contribution in [-0.4, -0.2) is 128 Å². The third-order valence-electron chi connectivity index (χ3n) is 10.3. The number of hydrazine groups is 2. The van der Waals surface area contributed by atoms with E-state index in [4.69, 9.17) is 5.84 Å². The molecule has 4 aliphatic rings. The first-order valence-electron chi connectivity index (χ1n) is 17.2. The number of piperazine rings is 2.